The van der Waals surface area contributed by atoms with Gasteiger partial charge in [-0.05, 0) is 36.2 Å². The van der Waals surface area contributed by atoms with Crippen LogP contribution in [0, 0.1) is 5.92 Å². The summed E-state index contributed by atoms with van der Waals surface area (Å²) in [5, 5.41) is 2.99. The molecular formula is C20H22Cl2N2O2S. The van der Waals surface area contributed by atoms with Gasteiger partial charge in [-0.1, -0.05) is 24.3 Å². The van der Waals surface area contributed by atoms with Crippen LogP contribution in [0.5, 0.6) is 5.75 Å². The van der Waals surface area contributed by atoms with Crippen molar-refractivity contribution in [2.45, 2.75) is 22.2 Å². The largest absolute Gasteiger partial charge is 0.497 e. The first-order chi connectivity index (χ1) is 12.9. The van der Waals surface area contributed by atoms with E-state index in [1.54, 1.807) is 30.8 Å². The summed E-state index contributed by atoms with van der Waals surface area (Å²) in [5.41, 5.74) is 1.83. The van der Waals surface area contributed by atoms with Crippen LogP contribution in [0.15, 0.2) is 53.4 Å². The molecule has 1 unspecified atom stereocenters. The van der Waals surface area contributed by atoms with Gasteiger partial charge in [0, 0.05) is 30.2 Å². The molecule has 144 valence electrons. The predicted octanol–water partition coefficient (Wildman–Crippen LogP) is 5.65. The first-order valence-electron chi connectivity index (χ1n) is 8.64. The molecule has 27 heavy (non-hydrogen) atoms. The average Bonchev–Trinajstić information content (AvgIpc) is 3.28. The Morgan fingerprint density at radius 3 is 2.56 bits per heavy atom. The molecule has 1 atom stereocenters. The SMILES string of the molecule is COc1ccc(CN(C)C(=O)Nc2ccccc2SCC2CC2(Cl)Cl)cc1. The highest BCUT2D eigenvalue weighted by Crippen LogP contribution is 2.55. The van der Waals surface area contributed by atoms with Gasteiger partial charge in [0.15, 0.2) is 0 Å². The molecule has 0 aliphatic heterocycles. The number of carbonyl (C=O) groups is 1. The number of hydrogen-bond donors (Lipinski definition) is 1. The highest BCUT2D eigenvalue weighted by molar-refractivity contribution is 7.99. The van der Waals surface area contributed by atoms with E-state index in [9.17, 15) is 4.79 Å². The van der Waals surface area contributed by atoms with Crippen molar-refractivity contribution in [3.05, 3.63) is 54.1 Å². The number of amides is 2. The van der Waals surface area contributed by atoms with E-state index in [0.717, 1.165) is 34.1 Å². The van der Waals surface area contributed by atoms with Crippen LogP contribution in [0.1, 0.15) is 12.0 Å². The molecule has 7 heteroatoms. The van der Waals surface area contributed by atoms with Crippen molar-refractivity contribution < 1.29 is 9.53 Å². The number of para-hydroxylation sites is 1. The maximum Gasteiger partial charge on any atom is 0.321 e. The maximum atomic E-state index is 12.6. The Morgan fingerprint density at radius 2 is 1.93 bits per heavy atom. The molecule has 1 aliphatic carbocycles. The number of nitrogens with one attached hydrogen (secondary N) is 1. The zero-order chi connectivity index (χ0) is 19.4. The molecule has 0 bridgehead atoms. The molecule has 0 heterocycles. The average molecular weight is 425 g/mol. The minimum atomic E-state index is -0.580. The van der Waals surface area contributed by atoms with Gasteiger partial charge >= 0.3 is 6.03 Å². The highest BCUT2D eigenvalue weighted by Gasteiger charge is 2.51. The molecule has 4 nitrogen and oxygen atoms in total. The van der Waals surface area contributed by atoms with Crippen molar-refractivity contribution in [1.82, 2.24) is 4.90 Å². The minimum Gasteiger partial charge on any atom is -0.497 e. The second kappa shape index (κ2) is 8.63. The Labute approximate surface area is 174 Å². The van der Waals surface area contributed by atoms with Crippen LogP contribution in [-0.4, -0.2) is 35.2 Å². The Hall–Kier alpha value is -1.56. The van der Waals surface area contributed by atoms with Crippen molar-refractivity contribution >= 4 is 46.7 Å². The smallest absolute Gasteiger partial charge is 0.321 e. The molecule has 0 radical (unpaired) electrons. The zero-order valence-electron chi connectivity index (χ0n) is 15.2. The Balaban J connectivity index is 1.57. The summed E-state index contributed by atoms with van der Waals surface area (Å²) in [6.45, 7) is 0.508. The molecule has 1 fully saturated rings. The van der Waals surface area contributed by atoms with E-state index in [-0.39, 0.29) is 6.03 Å². The number of urea groups is 1. The fourth-order valence-corrected chi connectivity index (χ4v) is 4.57. The molecule has 2 amide bonds. The number of alkyl halides is 2. The van der Waals surface area contributed by atoms with Gasteiger partial charge in [0.05, 0.1) is 12.8 Å². The molecule has 0 saturated heterocycles. The zero-order valence-corrected chi connectivity index (χ0v) is 17.6. The minimum absolute atomic E-state index is 0.158. The number of ether oxygens (including phenoxy) is 1. The fourth-order valence-electron chi connectivity index (χ4n) is 2.62. The monoisotopic (exact) mass is 424 g/mol. The van der Waals surface area contributed by atoms with Crippen LogP contribution in [0.4, 0.5) is 10.5 Å². The number of carbonyl (C=O) groups excluding carboxylic acids is 1. The molecule has 1 saturated carbocycles. The quantitative estimate of drug-likeness (QED) is 0.461. The number of methoxy groups -OCH3 is 1. The summed E-state index contributed by atoms with van der Waals surface area (Å²) >= 11 is 13.9. The van der Waals surface area contributed by atoms with E-state index >= 15 is 0 Å². The lowest BCUT2D eigenvalue weighted by molar-refractivity contribution is 0.220. The predicted molar refractivity (Wildman–Crippen MR) is 113 cm³/mol. The second-order valence-corrected chi connectivity index (χ2v) is 9.21. The van der Waals surface area contributed by atoms with Crippen molar-refractivity contribution in [2.75, 3.05) is 25.2 Å². The molecule has 3 rings (SSSR count). The van der Waals surface area contributed by atoms with Crippen LogP contribution in [-0.2, 0) is 6.54 Å². The summed E-state index contributed by atoms with van der Waals surface area (Å²) in [6.07, 6.45) is 0.822. The Kier molecular flexibility index (Phi) is 6.45. The van der Waals surface area contributed by atoms with Gasteiger partial charge < -0.3 is 15.0 Å². The third-order valence-corrected chi connectivity index (χ3v) is 6.61. The number of halogens is 2. The third-order valence-electron chi connectivity index (χ3n) is 4.45. The first-order valence-corrected chi connectivity index (χ1v) is 10.4. The van der Waals surface area contributed by atoms with E-state index in [2.05, 4.69) is 5.32 Å². The van der Waals surface area contributed by atoms with Gasteiger partial charge in [-0.25, -0.2) is 4.79 Å². The van der Waals surface area contributed by atoms with Gasteiger partial charge in [-0.2, -0.15) is 0 Å². The number of anilines is 1. The van der Waals surface area contributed by atoms with Crippen molar-refractivity contribution in [2.24, 2.45) is 5.92 Å². The van der Waals surface area contributed by atoms with Gasteiger partial charge in [0.25, 0.3) is 0 Å². The molecule has 0 aromatic heterocycles. The number of nitrogens with zero attached hydrogens (tertiary/aromatic N) is 1. The molecule has 1 aliphatic rings. The molecule has 2 aromatic rings. The lowest BCUT2D eigenvalue weighted by atomic mass is 10.2. The van der Waals surface area contributed by atoms with Crippen LogP contribution in [0.3, 0.4) is 0 Å². The lowest BCUT2D eigenvalue weighted by Crippen LogP contribution is -2.31. The lowest BCUT2D eigenvalue weighted by Gasteiger charge is -2.19. The highest BCUT2D eigenvalue weighted by atomic mass is 35.5. The first kappa shape index (κ1) is 20.2. The number of rotatable bonds is 7. The van der Waals surface area contributed by atoms with Gasteiger partial charge in [0.2, 0.25) is 0 Å². The second-order valence-electron chi connectivity index (χ2n) is 6.60. The van der Waals surface area contributed by atoms with Crippen LogP contribution < -0.4 is 10.1 Å². The molecular weight excluding hydrogens is 403 g/mol. The standard InChI is InChI=1S/C20H22Cl2N2O2S/c1-24(12-14-7-9-16(26-2)10-8-14)19(25)23-17-5-3-4-6-18(17)27-13-15-11-20(15,21)22/h3-10,15H,11-13H2,1-2H3,(H,23,25). The summed E-state index contributed by atoms with van der Waals surface area (Å²) < 4.78 is 4.58. The van der Waals surface area contributed by atoms with Crippen molar-refractivity contribution in [3.8, 4) is 5.75 Å². The van der Waals surface area contributed by atoms with E-state index in [1.165, 1.54) is 0 Å². The van der Waals surface area contributed by atoms with Crippen LogP contribution in [0.25, 0.3) is 0 Å². The molecule has 1 N–H and O–H groups in total. The number of benzene rings is 2. The van der Waals surface area contributed by atoms with E-state index in [0.29, 0.717) is 12.5 Å². The van der Waals surface area contributed by atoms with E-state index in [4.69, 9.17) is 27.9 Å². The third kappa shape index (κ3) is 5.47. The van der Waals surface area contributed by atoms with E-state index in [1.807, 2.05) is 48.5 Å². The van der Waals surface area contributed by atoms with Gasteiger partial charge in [-0.15, -0.1) is 35.0 Å². The number of hydrogen-bond acceptors (Lipinski definition) is 3. The number of thioether (sulfide) groups is 1. The van der Waals surface area contributed by atoms with Gasteiger partial charge in [-0.3, -0.25) is 0 Å². The van der Waals surface area contributed by atoms with Crippen molar-refractivity contribution in [3.63, 3.8) is 0 Å². The normalized spacial score (nSPS) is 17.3. The van der Waals surface area contributed by atoms with Crippen molar-refractivity contribution in [1.29, 1.82) is 0 Å². The van der Waals surface area contributed by atoms with Gasteiger partial charge in [0.1, 0.15) is 10.1 Å². The van der Waals surface area contributed by atoms with Crippen LogP contribution >= 0.6 is 35.0 Å². The fraction of sp³-hybridized carbons (Fsp3) is 0.350. The Bertz CT molecular complexity index is 799. The Morgan fingerprint density at radius 1 is 1.26 bits per heavy atom. The summed E-state index contributed by atoms with van der Waals surface area (Å²) in [7, 11) is 3.41. The molecule has 2 aromatic carbocycles. The van der Waals surface area contributed by atoms with Crippen LogP contribution in [0.2, 0.25) is 0 Å². The topological polar surface area (TPSA) is 41.6 Å². The summed E-state index contributed by atoms with van der Waals surface area (Å²) in [5.74, 6) is 1.93. The molecule has 0 spiro atoms. The van der Waals surface area contributed by atoms with E-state index < -0.39 is 4.33 Å². The summed E-state index contributed by atoms with van der Waals surface area (Å²) in [4.78, 5) is 15.2. The maximum absolute atomic E-state index is 12.6. The summed E-state index contributed by atoms with van der Waals surface area (Å²) in [6, 6.07) is 15.3.